The SMILES string of the molecule is COC(=O)C[C@@H](c1ccc(OC)c(OC)c1OC)c1c(OC)ccc2c(=O)c(-c3ccc(OC)cc3)coc12. The van der Waals surface area contributed by atoms with Gasteiger partial charge in [-0.25, -0.2) is 0 Å². The first-order valence-corrected chi connectivity index (χ1v) is 12.0. The normalized spacial score (nSPS) is 11.5. The summed E-state index contributed by atoms with van der Waals surface area (Å²) in [5, 5.41) is 0.327. The van der Waals surface area contributed by atoms with Crippen LogP contribution in [0.4, 0.5) is 0 Å². The summed E-state index contributed by atoms with van der Waals surface area (Å²) < 4.78 is 38.8. The standard InChI is InChI=1S/C30H30O9/c1-33-18-9-7-17(8-10-18)22-16-39-28-20(27(22)32)12-13-23(34-2)26(28)21(15-25(31)36-4)19-11-14-24(35-3)30(38-6)29(19)37-5/h7-14,16,21H,15H2,1-6H3/t21-/m0/s1. The minimum Gasteiger partial charge on any atom is -0.497 e. The van der Waals surface area contributed by atoms with Crippen molar-refractivity contribution in [1.29, 1.82) is 0 Å². The van der Waals surface area contributed by atoms with E-state index in [1.807, 2.05) is 0 Å². The maximum absolute atomic E-state index is 13.7. The summed E-state index contributed by atoms with van der Waals surface area (Å²) in [6, 6.07) is 13.9. The molecule has 4 aromatic rings. The summed E-state index contributed by atoms with van der Waals surface area (Å²) in [7, 11) is 8.91. The maximum Gasteiger partial charge on any atom is 0.306 e. The lowest BCUT2D eigenvalue weighted by Crippen LogP contribution is -2.14. The Morgan fingerprint density at radius 1 is 0.769 bits per heavy atom. The van der Waals surface area contributed by atoms with E-state index >= 15 is 0 Å². The second kappa shape index (κ2) is 11.8. The van der Waals surface area contributed by atoms with E-state index < -0.39 is 11.9 Å². The Morgan fingerprint density at radius 2 is 1.44 bits per heavy atom. The molecule has 0 unspecified atom stereocenters. The number of ether oxygens (including phenoxy) is 6. The summed E-state index contributed by atoms with van der Waals surface area (Å²) in [5.41, 5.74) is 2.19. The third-order valence-electron chi connectivity index (χ3n) is 6.62. The molecule has 0 radical (unpaired) electrons. The summed E-state index contributed by atoms with van der Waals surface area (Å²) in [4.78, 5) is 26.4. The Kier molecular flexibility index (Phi) is 8.29. The third-order valence-corrected chi connectivity index (χ3v) is 6.62. The van der Waals surface area contributed by atoms with Crippen LogP contribution in [0, 0.1) is 0 Å². The maximum atomic E-state index is 13.7. The van der Waals surface area contributed by atoms with Crippen LogP contribution in [-0.4, -0.2) is 48.6 Å². The fourth-order valence-corrected chi connectivity index (χ4v) is 4.70. The minimum atomic E-state index is -0.694. The van der Waals surface area contributed by atoms with Crippen LogP contribution in [0.3, 0.4) is 0 Å². The topological polar surface area (TPSA) is 103 Å². The van der Waals surface area contributed by atoms with Gasteiger partial charge in [0.25, 0.3) is 0 Å². The number of hydrogen-bond donors (Lipinski definition) is 0. The van der Waals surface area contributed by atoms with Crippen molar-refractivity contribution in [3.63, 3.8) is 0 Å². The molecule has 3 aromatic carbocycles. The molecule has 0 amide bonds. The van der Waals surface area contributed by atoms with Gasteiger partial charge in [-0.1, -0.05) is 18.2 Å². The first-order chi connectivity index (χ1) is 18.9. The highest BCUT2D eigenvalue weighted by Gasteiger charge is 2.31. The number of carbonyl (C=O) groups excluding carboxylic acids is 1. The highest BCUT2D eigenvalue weighted by molar-refractivity contribution is 5.88. The van der Waals surface area contributed by atoms with E-state index in [1.54, 1.807) is 55.6 Å². The van der Waals surface area contributed by atoms with Gasteiger partial charge in [-0.3, -0.25) is 9.59 Å². The number of rotatable bonds is 10. The zero-order chi connectivity index (χ0) is 28.1. The van der Waals surface area contributed by atoms with Crippen LogP contribution < -0.4 is 29.1 Å². The molecule has 0 saturated carbocycles. The van der Waals surface area contributed by atoms with E-state index in [0.29, 0.717) is 56.4 Å². The molecule has 39 heavy (non-hydrogen) atoms. The molecule has 0 N–H and O–H groups in total. The average Bonchev–Trinajstić information content (AvgIpc) is 2.98. The van der Waals surface area contributed by atoms with E-state index in [-0.39, 0.29) is 17.4 Å². The third kappa shape index (κ3) is 5.07. The van der Waals surface area contributed by atoms with Gasteiger partial charge in [0.1, 0.15) is 23.3 Å². The number of hydrogen-bond acceptors (Lipinski definition) is 9. The van der Waals surface area contributed by atoms with E-state index in [1.165, 1.54) is 41.8 Å². The van der Waals surface area contributed by atoms with Gasteiger partial charge in [0.05, 0.1) is 60.0 Å². The second-order valence-electron chi connectivity index (χ2n) is 8.52. The van der Waals surface area contributed by atoms with Gasteiger partial charge >= 0.3 is 5.97 Å². The van der Waals surface area contributed by atoms with Gasteiger partial charge in [0.2, 0.25) is 11.2 Å². The van der Waals surface area contributed by atoms with Crippen LogP contribution in [0.15, 0.2) is 64.0 Å². The molecule has 204 valence electrons. The van der Waals surface area contributed by atoms with E-state index in [9.17, 15) is 9.59 Å². The molecule has 1 aromatic heterocycles. The van der Waals surface area contributed by atoms with Crippen LogP contribution in [0.2, 0.25) is 0 Å². The van der Waals surface area contributed by atoms with Crippen molar-refractivity contribution in [2.24, 2.45) is 0 Å². The Morgan fingerprint density at radius 3 is 2.03 bits per heavy atom. The molecule has 4 rings (SSSR count). The fraction of sp³-hybridized carbons (Fsp3) is 0.267. The number of esters is 1. The predicted molar refractivity (Wildman–Crippen MR) is 146 cm³/mol. The molecule has 0 fully saturated rings. The lowest BCUT2D eigenvalue weighted by molar-refractivity contribution is -0.140. The van der Waals surface area contributed by atoms with Crippen molar-refractivity contribution in [2.75, 3.05) is 42.7 Å². The zero-order valence-corrected chi connectivity index (χ0v) is 22.7. The molecular weight excluding hydrogens is 504 g/mol. The highest BCUT2D eigenvalue weighted by Crippen LogP contribution is 2.48. The van der Waals surface area contributed by atoms with Gasteiger partial charge < -0.3 is 32.8 Å². The van der Waals surface area contributed by atoms with Gasteiger partial charge in [0, 0.05) is 17.0 Å². The van der Waals surface area contributed by atoms with E-state index in [4.69, 9.17) is 32.8 Å². The van der Waals surface area contributed by atoms with Crippen molar-refractivity contribution < 1.29 is 37.6 Å². The first kappa shape index (κ1) is 27.4. The first-order valence-electron chi connectivity index (χ1n) is 12.0. The number of fused-ring (bicyclic) bond motifs is 1. The summed E-state index contributed by atoms with van der Waals surface area (Å²) in [6.07, 6.45) is 1.32. The Hall–Kier alpha value is -4.66. The molecule has 0 spiro atoms. The van der Waals surface area contributed by atoms with E-state index in [2.05, 4.69) is 0 Å². The monoisotopic (exact) mass is 534 g/mol. The Labute approximate surface area is 225 Å². The van der Waals surface area contributed by atoms with Crippen LogP contribution in [0.5, 0.6) is 28.7 Å². The molecule has 0 aliphatic carbocycles. The van der Waals surface area contributed by atoms with E-state index in [0.717, 1.165) is 0 Å². The van der Waals surface area contributed by atoms with Gasteiger partial charge in [-0.05, 0) is 35.9 Å². The summed E-state index contributed by atoms with van der Waals surface area (Å²) in [6.45, 7) is 0. The number of carbonyl (C=O) groups is 1. The van der Waals surface area contributed by atoms with Crippen molar-refractivity contribution in [3.8, 4) is 39.9 Å². The van der Waals surface area contributed by atoms with Gasteiger partial charge in [0.15, 0.2) is 11.5 Å². The molecule has 1 heterocycles. The zero-order valence-electron chi connectivity index (χ0n) is 22.7. The highest BCUT2D eigenvalue weighted by atomic mass is 16.5. The fourth-order valence-electron chi connectivity index (χ4n) is 4.70. The van der Waals surface area contributed by atoms with Gasteiger partial charge in [-0.15, -0.1) is 0 Å². The molecule has 0 saturated heterocycles. The van der Waals surface area contributed by atoms with Crippen molar-refractivity contribution in [3.05, 3.63) is 76.1 Å². The quantitative estimate of drug-likeness (QED) is 0.254. The number of benzene rings is 3. The summed E-state index contributed by atoms with van der Waals surface area (Å²) >= 11 is 0. The average molecular weight is 535 g/mol. The molecule has 9 nitrogen and oxygen atoms in total. The molecule has 9 heteroatoms. The second-order valence-corrected chi connectivity index (χ2v) is 8.52. The lowest BCUT2D eigenvalue weighted by Gasteiger charge is -2.24. The van der Waals surface area contributed by atoms with Gasteiger partial charge in [-0.2, -0.15) is 0 Å². The largest absolute Gasteiger partial charge is 0.497 e. The van der Waals surface area contributed by atoms with Crippen LogP contribution in [0.1, 0.15) is 23.5 Å². The Bertz CT molecular complexity index is 1540. The Balaban J connectivity index is 2.01. The van der Waals surface area contributed by atoms with Crippen LogP contribution in [0.25, 0.3) is 22.1 Å². The van der Waals surface area contributed by atoms with Crippen molar-refractivity contribution in [1.82, 2.24) is 0 Å². The smallest absolute Gasteiger partial charge is 0.306 e. The van der Waals surface area contributed by atoms with Crippen molar-refractivity contribution in [2.45, 2.75) is 12.3 Å². The predicted octanol–water partition coefficient (Wildman–Crippen LogP) is 5.20. The minimum absolute atomic E-state index is 0.0955. The molecular formula is C30H30O9. The molecule has 0 aliphatic heterocycles. The molecule has 0 aliphatic rings. The van der Waals surface area contributed by atoms with Crippen molar-refractivity contribution >= 4 is 16.9 Å². The number of methoxy groups -OCH3 is 6. The van der Waals surface area contributed by atoms with Crippen LogP contribution in [-0.2, 0) is 9.53 Å². The summed E-state index contributed by atoms with van der Waals surface area (Å²) in [5.74, 6) is 1.10. The van der Waals surface area contributed by atoms with Crippen LogP contribution >= 0.6 is 0 Å². The molecule has 1 atom stereocenters. The lowest BCUT2D eigenvalue weighted by atomic mass is 9.85. The molecule has 0 bridgehead atoms.